The van der Waals surface area contributed by atoms with Gasteiger partial charge in [-0.3, -0.25) is 4.79 Å². The predicted octanol–water partition coefficient (Wildman–Crippen LogP) is 1.45. The fraction of sp³-hybridized carbons (Fsp3) is 0.600. The molecule has 0 spiro atoms. The zero-order chi connectivity index (χ0) is 11.0. The lowest BCUT2D eigenvalue weighted by Gasteiger charge is -2.05. The van der Waals surface area contributed by atoms with Crippen LogP contribution in [0.4, 0.5) is 0 Å². The Hall–Kier alpha value is -1.32. The van der Waals surface area contributed by atoms with Crippen molar-refractivity contribution in [1.82, 2.24) is 0 Å². The van der Waals surface area contributed by atoms with Crippen LogP contribution in [0.15, 0.2) is 12.2 Å². The minimum Gasteiger partial charge on any atom is -0.463 e. The molecule has 0 radical (unpaired) electrons. The van der Waals surface area contributed by atoms with Gasteiger partial charge in [0.25, 0.3) is 0 Å². The first-order valence-electron chi connectivity index (χ1n) is 4.62. The maximum Gasteiger partial charge on any atom is 0.336 e. The molecule has 0 aromatic heterocycles. The van der Waals surface area contributed by atoms with Crippen molar-refractivity contribution in [2.24, 2.45) is 0 Å². The standard InChI is InChI=1S/C10H16O4/c1-4-6-9(11)14-7-8(3)10(12)13-5-2/h3-7H2,1-2H3. The van der Waals surface area contributed by atoms with Gasteiger partial charge in [-0.2, -0.15) is 0 Å². The molecule has 0 aromatic carbocycles. The minimum atomic E-state index is -0.517. The van der Waals surface area contributed by atoms with Crippen LogP contribution in [0.3, 0.4) is 0 Å². The van der Waals surface area contributed by atoms with E-state index in [1.807, 2.05) is 6.92 Å². The summed E-state index contributed by atoms with van der Waals surface area (Å²) in [5.74, 6) is -0.838. The second-order valence-corrected chi connectivity index (χ2v) is 2.73. The van der Waals surface area contributed by atoms with Crippen molar-refractivity contribution < 1.29 is 19.1 Å². The molecule has 0 unspecified atom stereocenters. The van der Waals surface area contributed by atoms with Gasteiger partial charge in [0.15, 0.2) is 0 Å². The van der Waals surface area contributed by atoms with E-state index < -0.39 is 5.97 Å². The van der Waals surface area contributed by atoms with Gasteiger partial charge in [0.05, 0.1) is 12.2 Å². The van der Waals surface area contributed by atoms with Crippen molar-refractivity contribution in [3.8, 4) is 0 Å². The molecular weight excluding hydrogens is 184 g/mol. The fourth-order valence-electron chi connectivity index (χ4n) is 0.736. The van der Waals surface area contributed by atoms with E-state index >= 15 is 0 Å². The van der Waals surface area contributed by atoms with E-state index in [1.54, 1.807) is 6.92 Å². The first-order valence-corrected chi connectivity index (χ1v) is 4.62. The Labute approximate surface area is 83.9 Å². The van der Waals surface area contributed by atoms with E-state index in [9.17, 15) is 9.59 Å². The van der Waals surface area contributed by atoms with E-state index in [0.717, 1.165) is 6.42 Å². The SMILES string of the molecule is C=C(COC(=O)CCC)C(=O)OCC. The van der Waals surface area contributed by atoms with Crippen LogP contribution in [0.25, 0.3) is 0 Å². The Balaban J connectivity index is 3.73. The van der Waals surface area contributed by atoms with Gasteiger partial charge in [0.1, 0.15) is 6.61 Å². The average molecular weight is 200 g/mol. The molecule has 4 heteroatoms. The molecule has 0 N–H and O–H groups in total. The second kappa shape index (κ2) is 7.12. The van der Waals surface area contributed by atoms with E-state index in [1.165, 1.54) is 0 Å². The van der Waals surface area contributed by atoms with E-state index in [4.69, 9.17) is 4.74 Å². The summed E-state index contributed by atoms with van der Waals surface area (Å²) in [6, 6.07) is 0. The number of carbonyl (C=O) groups is 2. The molecule has 0 atom stereocenters. The summed E-state index contributed by atoms with van der Waals surface area (Å²) in [5.41, 5.74) is 0.163. The summed E-state index contributed by atoms with van der Waals surface area (Å²) >= 11 is 0. The quantitative estimate of drug-likeness (QED) is 0.481. The van der Waals surface area contributed by atoms with Gasteiger partial charge in [0, 0.05) is 6.42 Å². The normalized spacial score (nSPS) is 9.29. The molecule has 0 bridgehead atoms. The van der Waals surface area contributed by atoms with Crippen molar-refractivity contribution in [3.05, 3.63) is 12.2 Å². The van der Waals surface area contributed by atoms with Gasteiger partial charge in [-0.1, -0.05) is 13.5 Å². The molecule has 14 heavy (non-hydrogen) atoms. The predicted molar refractivity (Wildman–Crippen MR) is 51.6 cm³/mol. The molecule has 0 fully saturated rings. The number of ether oxygens (including phenoxy) is 2. The average Bonchev–Trinajstić information content (AvgIpc) is 2.15. The monoisotopic (exact) mass is 200 g/mol. The maximum absolute atomic E-state index is 11.0. The Morgan fingerprint density at radius 3 is 2.36 bits per heavy atom. The maximum atomic E-state index is 11.0. The smallest absolute Gasteiger partial charge is 0.336 e. The zero-order valence-electron chi connectivity index (χ0n) is 8.67. The van der Waals surface area contributed by atoms with Crippen LogP contribution in [0.2, 0.25) is 0 Å². The minimum absolute atomic E-state index is 0.0856. The molecule has 80 valence electrons. The molecule has 0 aliphatic carbocycles. The van der Waals surface area contributed by atoms with E-state index in [0.29, 0.717) is 13.0 Å². The molecule has 4 nitrogen and oxygen atoms in total. The van der Waals surface area contributed by atoms with Crippen molar-refractivity contribution >= 4 is 11.9 Å². The summed E-state index contributed by atoms with van der Waals surface area (Å²) in [4.78, 5) is 21.9. The number of hydrogen-bond acceptors (Lipinski definition) is 4. The number of carbonyl (C=O) groups excluding carboxylic acids is 2. The van der Waals surface area contributed by atoms with Gasteiger partial charge < -0.3 is 9.47 Å². The molecule has 0 rings (SSSR count). The van der Waals surface area contributed by atoms with Crippen LogP contribution in [0.1, 0.15) is 26.7 Å². The third-order valence-corrected chi connectivity index (χ3v) is 1.43. The summed E-state index contributed by atoms with van der Waals surface area (Å²) in [6.45, 7) is 7.24. The number of esters is 2. The highest BCUT2D eigenvalue weighted by atomic mass is 16.5. The lowest BCUT2D eigenvalue weighted by Crippen LogP contribution is -2.14. The highest BCUT2D eigenvalue weighted by molar-refractivity contribution is 5.88. The largest absolute Gasteiger partial charge is 0.463 e. The topological polar surface area (TPSA) is 52.6 Å². The summed E-state index contributed by atoms with van der Waals surface area (Å²) in [7, 11) is 0. The first-order chi connectivity index (χ1) is 6.61. The Morgan fingerprint density at radius 1 is 1.21 bits per heavy atom. The molecule has 0 saturated carbocycles. The molecule has 0 aliphatic rings. The van der Waals surface area contributed by atoms with Crippen molar-refractivity contribution in [2.75, 3.05) is 13.2 Å². The highest BCUT2D eigenvalue weighted by Crippen LogP contribution is 1.98. The van der Waals surface area contributed by atoms with E-state index in [-0.39, 0.29) is 18.1 Å². The Bertz CT molecular complexity index is 220. The van der Waals surface area contributed by atoms with Crippen molar-refractivity contribution in [1.29, 1.82) is 0 Å². The van der Waals surface area contributed by atoms with Crippen LogP contribution in [0, 0.1) is 0 Å². The van der Waals surface area contributed by atoms with Crippen LogP contribution in [-0.2, 0) is 19.1 Å². The lowest BCUT2D eigenvalue weighted by atomic mass is 10.3. The van der Waals surface area contributed by atoms with Crippen molar-refractivity contribution in [2.45, 2.75) is 26.7 Å². The van der Waals surface area contributed by atoms with Crippen LogP contribution in [-0.4, -0.2) is 25.2 Å². The zero-order valence-corrected chi connectivity index (χ0v) is 8.67. The van der Waals surface area contributed by atoms with Gasteiger partial charge in [0.2, 0.25) is 0 Å². The second-order valence-electron chi connectivity index (χ2n) is 2.73. The molecule has 0 aromatic rings. The molecular formula is C10H16O4. The Morgan fingerprint density at radius 2 is 1.86 bits per heavy atom. The van der Waals surface area contributed by atoms with Crippen LogP contribution < -0.4 is 0 Å². The lowest BCUT2D eigenvalue weighted by molar-refractivity contribution is -0.144. The first kappa shape index (κ1) is 12.7. The van der Waals surface area contributed by atoms with Gasteiger partial charge >= 0.3 is 11.9 Å². The van der Waals surface area contributed by atoms with E-state index in [2.05, 4.69) is 11.3 Å². The molecule has 0 aliphatic heterocycles. The third-order valence-electron chi connectivity index (χ3n) is 1.43. The summed E-state index contributed by atoms with van der Waals surface area (Å²) in [6.07, 6.45) is 1.08. The van der Waals surface area contributed by atoms with Crippen LogP contribution >= 0.6 is 0 Å². The number of hydrogen-bond donors (Lipinski definition) is 0. The molecule has 0 heterocycles. The van der Waals surface area contributed by atoms with Gasteiger partial charge in [-0.25, -0.2) is 4.79 Å². The fourth-order valence-corrected chi connectivity index (χ4v) is 0.736. The van der Waals surface area contributed by atoms with Crippen LogP contribution in [0.5, 0.6) is 0 Å². The highest BCUT2D eigenvalue weighted by Gasteiger charge is 2.09. The molecule has 0 amide bonds. The Kier molecular flexibility index (Phi) is 6.45. The summed E-state index contributed by atoms with van der Waals surface area (Å²) in [5, 5.41) is 0. The van der Waals surface area contributed by atoms with Crippen molar-refractivity contribution in [3.63, 3.8) is 0 Å². The third kappa shape index (κ3) is 5.35. The molecule has 0 saturated heterocycles. The van der Waals surface area contributed by atoms with Gasteiger partial charge in [-0.05, 0) is 13.3 Å². The number of rotatable bonds is 6. The van der Waals surface area contributed by atoms with Gasteiger partial charge in [-0.15, -0.1) is 0 Å². The summed E-state index contributed by atoms with van der Waals surface area (Å²) < 4.78 is 9.44.